The number of anilines is 1. The summed E-state index contributed by atoms with van der Waals surface area (Å²) in [6, 6.07) is 17.1. The van der Waals surface area contributed by atoms with Gasteiger partial charge in [0.25, 0.3) is 5.91 Å². The number of carbonyl (C=O) groups excluding carboxylic acids is 3. The van der Waals surface area contributed by atoms with Crippen molar-refractivity contribution in [3.05, 3.63) is 93.1 Å². The lowest BCUT2D eigenvalue weighted by Crippen LogP contribution is -2.38. The number of ether oxygens (including phenoxy) is 2. The predicted octanol–water partition coefficient (Wildman–Crippen LogP) is 5.42. The lowest BCUT2D eigenvalue weighted by atomic mass is 10.1. The minimum Gasteiger partial charge on any atom is -0.495 e. The Bertz CT molecular complexity index is 1370. The molecule has 0 atom stereocenters. The minimum atomic E-state index is -0.721. The largest absolute Gasteiger partial charge is 0.495 e. The van der Waals surface area contributed by atoms with Crippen LogP contribution in [0.15, 0.2) is 66.4 Å². The monoisotopic (exact) mass is 539 g/mol. The van der Waals surface area contributed by atoms with Crippen LogP contribution >= 0.6 is 23.2 Å². The molecule has 0 radical (unpaired) electrons. The molecule has 1 aliphatic heterocycles. The molecule has 0 saturated carbocycles. The summed E-state index contributed by atoms with van der Waals surface area (Å²) in [4.78, 5) is 38.5. The molecule has 2 N–H and O–H groups in total. The standard InChI is InChI=1S/C27H23Cl2N3O5/c1-16-7-9-17(10-8-16)15-37-25-19(28)11-18(12-20(25)29)13-22-26(34)32(27(35)31-22)14-24(33)30-21-5-3-4-6-23(21)36-2/h3-13H,14-15H2,1-2H3,(H,30,33)(H,31,35)/b22-13+. The van der Waals surface area contributed by atoms with Crippen molar-refractivity contribution in [2.24, 2.45) is 0 Å². The van der Waals surface area contributed by atoms with Gasteiger partial charge in [0.15, 0.2) is 5.75 Å². The fraction of sp³-hybridized carbons (Fsp3) is 0.148. The molecule has 190 valence electrons. The van der Waals surface area contributed by atoms with Crippen LogP contribution in [0.1, 0.15) is 16.7 Å². The van der Waals surface area contributed by atoms with E-state index in [-0.39, 0.29) is 22.3 Å². The summed E-state index contributed by atoms with van der Waals surface area (Å²) in [5.41, 5.74) is 2.98. The normalized spacial score (nSPS) is 14.1. The first-order valence-electron chi connectivity index (χ1n) is 11.2. The second-order valence-corrected chi connectivity index (χ2v) is 9.03. The number of benzene rings is 3. The lowest BCUT2D eigenvalue weighted by molar-refractivity contribution is -0.127. The molecule has 1 heterocycles. The highest BCUT2D eigenvalue weighted by Crippen LogP contribution is 2.35. The van der Waals surface area contributed by atoms with Gasteiger partial charge in [0.2, 0.25) is 5.91 Å². The number of aryl methyl sites for hydroxylation is 1. The van der Waals surface area contributed by atoms with Crippen molar-refractivity contribution < 1.29 is 23.9 Å². The summed E-state index contributed by atoms with van der Waals surface area (Å²) in [6.07, 6.45) is 1.43. The molecule has 3 aromatic rings. The number of rotatable bonds is 8. The number of halogens is 2. The first-order valence-corrected chi connectivity index (χ1v) is 12.0. The van der Waals surface area contributed by atoms with Crippen molar-refractivity contribution in [2.45, 2.75) is 13.5 Å². The Labute approximate surface area is 223 Å². The second kappa shape index (κ2) is 11.4. The third-order valence-electron chi connectivity index (χ3n) is 5.48. The molecule has 10 heteroatoms. The van der Waals surface area contributed by atoms with Gasteiger partial charge in [-0.3, -0.25) is 9.59 Å². The van der Waals surface area contributed by atoms with Crippen LogP contribution in [-0.2, 0) is 16.2 Å². The topological polar surface area (TPSA) is 97.0 Å². The summed E-state index contributed by atoms with van der Waals surface area (Å²) in [5.74, 6) is -0.460. The van der Waals surface area contributed by atoms with Crippen LogP contribution in [0.25, 0.3) is 6.08 Å². The van der Waals surface area contributed by atoms with E-state index < -0.39 is 24.4 Å². The third-order valence-corrected chi connectivity index (χ3v) is 6.04. The zero-order valence-electron chi connectivity index (χ0n) is 20.0. The zero-order chi connectivity index (χ0) is 26.5. The maximum absolute atomic E-state index is 12.8. The number of imide groups is 1. The van der Waals surface area contributed by atoms with Crippen LogP contribution < -0.4 is 20.1 Å². The van der Waals surface area contributed by atoms with Crippen molar-refractivity contribution in [2.75, 3.05) is 19.0 Å². The van der Waals surface area contributed by atoms with E-state index in [4.69, 9.17) is 32.7 Å². The molecule has 0 bridgehead atoms. The van der Waals surface area contributed by atoms with Crippen LogP contribution in [-0.4, -0.2) is 36.4 Å². The average molecular weight is 540 g/mol. The van der Waals surface area contributed by atoms with Crippen molar-refractivity contribution in [1.82, 2.24) is 10.2 Å². The molecular formula is C27H23Cl2N3O5. The van der Waals surface area contributed by atoms with Crippen molar-refractivity contribution >= 4 is 52.8 Å². The number of hydrogen-bond donors (Lipinski definition) is 2. The van der Waals surface area contributed by atoms with E-state index in [1.165, 1.54) is 13.2 Å². The number of methoxy groups -OCH3 is 1. The van der Waals surface area contributed by atoms with Gasteiger partial charge in [-0.25, -0.2) is 9.69 Å². The fourth-order valence-electron chi connectivity index (χ4n) is 3.60. The van der Waals surface area contributed by atoms with Crippen LogP contribution in [0.4, 0.5) is 10.5 Å². The highest BCUT2D eigenvalue weighted by atomic mass is 35.5. The number of para-hydroxylation sites is 2. The molecule has 1 fully saturated rings. The van der Waals surface area contributed by atoms with Gasteiger partial charge in [-0.1, -0.05) is 65.2 Å². The lowest BCUT2D eigenvalue weighted by Gasteiger charge is -2.13. The zero-order valence-corrected chi connectivity index (χ0v) is 21.5. The molecule has 37 heavy (non-hydrogen) atoms. The highest BCUT2D eigenvalue weighted by molar-refractivity contribution is 6.37. The number of hydrogen-bond acceptors (Lipinski definition) is 5. The molecule has 1 aliphatic rings. The predicted molar refractivity (Wildman–Crippen MR) is 142 cm³/mol. The van der Waals surface area contributed by atoms with Gasteiger partial charge in [0, 0.05) is 0 Å². The molecule has 0 spiro atoms. The molecule has 3 aromatic carbocycles. The van der Waals surface area contributed by atoms with Gasteiger partial charge in [0.1, 0.15) is 24.6 Å². The van der Waals surface area contributed by atoms with Crippen LogP contribution in [0, 0.1) is 6.92 Å². The quantitative estimate of drug-likeness (QED) is 0.294. The Morgan fingerprint density at radius 3 is 2.41 bits per heavy atom. The molecule has 4 amide bonds. The van der Waals surface area contributed by atoms with Crippen LogP contribution in [0.2, 0.25) is 10.0 Å². The molecule has 1 saturated heterocycles. The van der Waals surface area contributed by atoms with Crippen molar-refractivity contribution in [3.63, 3.8) is 0 Å². The Morgan fingerprint density at radius 1 is 1.05 bits per heavy atom. The van der Waals surface area contributed by atoms with E-state index in [1.807, 2.05) is 31.2 Å². The third kappa shape index (κ3) is 6.22. The molecule has 0 aliphatic carbocycles. The van der Waals surface area contributed by atoms with E-state index in [9.17, 15) is 14.4 Å². The van der Waals surface area contributed by atoms with E-state index in [0.29, 0.717) is 22.7 Å². The van der Waals surface area contributed by atoms with Gasteiger partial charge in [-0.2, -0.15) is 0 Å². The minimum absolute atomic E-state index is 0.0180. The summed E-state index contributed by atoms with van der Waals surface area (Å²) >= 11 is 12.8. The Balaban J connectivity index is 1.44. The van der Waals surface area contributed by atoms with Gasteiger partial charge < -0.3 is 20.1 Å². The molecule has 0 aromatic heterocycles. The number of nitrogens with one attached hydrogen (secondary N) is 2. The molecular weight excluding hydrogens is 517 g/mol. The SMILES string of the molecule is COc1ccccc1NC(=O)CN1C(=O)N/C(=C/c2cc(Cl)c(OCc3ccc(C)cc3)c(Cl)c2)C1=O. The smallest absolute Gasteiger partial charge is 0.329 e. The van der Waals surface area contributed by atoms with Gasteiger partial charge >= 0.3 is 6.03 Å². The molecule has 0 unspecified atom stereocenters. The van der Waals surface area contributed by atoms with Gasteiger partial charge in [-0.05, 0) is 48.4 Å². The summed E-state index contributed by atoms with van der Waals surface area (Å²) < 4.78 is 11.0. The maximum atomic E-state index is 12.8. The highest BCUT2D eigenvalue weighted by Gasteiger charge is 2.35. The average Bonchev–Trinajstić information content (AvgIpc) is 3.12. The first kappa shape index (κ1) is 26.1. The summed E-state index contributed by atoms with van der Waals surface area (Å²) in [7, 11) is 1.47. The first-order chi connectivity index (χ1) is 17.7. The Morgan fingerprint density at radius 2 is 1.73 bits per heavy atom. The Kier molecular flexibility index (Phi) is 8.01. The van der Waals surface area contributed by atoms with Crippen molar-refractivity contribution in [1.29, 1.82) is 0 Å². The van der Waals surface area contributed by atoms with Gasteiger partial charge in [0.05, 0.1) is 22.8 Å². The summed E-state index contributed by atoms with van der Waals surface area (Å²) in [6.45, 7) is 1.80. The van der Waals surface area contributed by atoms with E-state index >= 15 is 0 Å². The summed E-state index contributed by atoms with van der Waals surface area (Å²) in [5, 5.41) is 5.60. The van der Waals surface area contributed by atoms with Crippen LogP contribution in [0.5, 0.6) is 11.5 Å². The maximum Gasteiger partial charge on any atom is 0.329 e. The van der Waals surface area contributed by atoms with Gasteiger partial charge in [-0.15, -0.1) is 0 Å². The van der Waals surface area contributed by atoms with E-state index in [1.54, 1.807) is 36.4 Å². The molecule has 4 rings (SSSR count). The fourth-order valence-corrected chi connectivity index (χ4v) is 4.22. The number of nitrogens with zero attached hydrogens (tertiary/aromatic N) is 1. The Hall–Kier alpha value is -4.01. The second-order valence-electron chi connectivity index (χ2n) is 8.22. The van der Waals surface area contributed by atoms with Crippen molar-refractivity contribution in [3.8, 4) is 11.5 Å². The number of carbonyl (C=O) groups is 3. The van der Waals surface area contributed by atoms with E-state index in [2.05, 4.69) is 10.6 Å². The number of urea groups is 1. The van der Waals surface area contributed by atoms with E-state index in [0.717, 1.165) is 16.0 Å². The number of amides is 4. The molecule has 8 nitrogen and oxygen atoms in total. The van der Waals surface area contributed by atoms with Crippen LogP contribution in [0.3, 0.4) is 0 Å².